The number of fused-ring (bicyclic) bond motifs is 1. The fourth-order valence-corrected chi connectivity index (χ4v) is 3.60. The third-order valence-corrected chi connectivity index (χ3v) is 4.63. The number of aromatic nitrogens is 3. The summed E-state index contributed by atoms with van der Waals surface area (Å²) in [4.78, 5) is 9.00. The van der Waals surface area contributed by atoms with Crippen LogP contribution >= 0.6 is 39.5 Å². The maximum atomic E-state index is 5.36. The summed E-state index contributed by atoms with van der Waals surface area (Å²) >= 11 is 10.6. The molecule has 1 N–H and O–H groups in total. The van der Waals surface area contributed by atoms with E-state index in [0.29, 0.717) is 4.77 Å². The van der Waals surface area contributed by atoms with Gasteiger partial charge in [0.25, 0.3) is 0 Å². The summed E-state index contributed by atoms with van der Waals surface area (Å²) in [7, 11) is 0. The van der Waals surface area contributed by atoms with Crippen LogP contribution in [0.4, 0.5) is 0 Å². The minimum absolute atomic E-state index is 0.715. The molecule has 0 fully saturated rings. The minimum Gasteiger partial charge on any atom is -0.329 e. The number of imidazole rings is 1. The summed E-state index contributed by atoms with van der Waals surface area (Å²) in [5.74, 6) is 0. The molecule has 3 aromatic heterocycles. The Morgan fingerprint density at radius 2 is 2.22 bits per heavy atom. The highest BCUT2D eigenvalue weighted by Crippen LogP contribution is 2.24. The van der Waals surface area contributed by atoms with Gasteiger partial charge >= 0.3 is 0 Å². The zero-order valence-corrected chi connectivity index (χ0v) is 12.8. The van der Waals surface area contributed by atoms with Gasteiger partial charge in [0.1, 0.15) is 0 Å². The fourth-order valence-electron chi connectivity index (χ4n) is 1.86. The second-order valence-corrected chi connectivity index (χ2v) is 6.98. The van der Waals surface area contributed by atoms with E-state index >= 15 is 0 Å². The van der Waals surface area contributed by atoms with Crippen LogP contribution in [0.15, 0.2) is 28.1 Å². The molecule has 0 unspecified atom stereocenters. The summed E-state index contributed by atoms with van der Waals surface area (Å²) in [5, 5.41) is 0. The SMILES string of the molecule is Cc1ccc2[nH]c(=S)n(Cc3ccc(Br)s3)c2n1. The molecule has 0 amide bonds. The number of hydrogen-bond donors (Lipinski definition) is 1. The number of nitrogens with zero attached hydrogens (tertiary/aromatic N) is 2. The van der Waals surface area contributed by atoms with Gasteiger partial charge in [-0.05, 0) is 59.3 Å². The highest BCUT2D eigenvalue weighted by Gasteiger charge is 2.07. The molecule has 0 aliphatic rings. The number of nitrogens with one attached hydrogen (secondary N) is 1. The van der Waals surface area contributed by atoms with Gasteiger partial charge in [0, 0.05) is 10.6 Å². The molecule has 0 bridgehead atoms. The van der Waals surface area contributed by atoms with Crippen molar-refractivity contribution in [1.29, 1.82) is 0 Å². The molecule has 0 aromatic carbocycles. The van der Waals surface area contributed by atoms with Crippen LogP contribution in [0.3, 0.4) is 0 Å². The number of rotatable bonds is 2. The normalized spacial score (nSPS) is 11.2. The number of aryl methyl sites for hydroxylation is 1. The molecule has 0 atom stereocenters. The number of halogens is 1. The van der Waals surface area contributed by atoms with Gasteiger partial charge < -0.3 is 4.98 Å². The molecule has 3 nitrogen and oxygen atoms in total. The Kier molecular flexibility index (Phi) is 3.09. The Bertz CT molecular complexity index is 769. The van der Waals surface area contributed by atoms with Crippen LogP contribution in [-0.4, -0.2) is 14.5 Å². The van der Waals surface area contributed by atoms with E-state index in [9.17, 15) is 0 Å². The Labute approximate surface area is 122 Å². The lowest BCUT2D eigenvalue weighted by molar-refractivity contribution is 0.811. The second kappa shape index (κ2) is 4.60. The lowest BCUT2D eigenvalue weighted by atomic mass is 10.3. The van der Waals surface area contributed by atoms with Crippen LogP contribution < -0.4 is 0 Å². The van der Waals surface area contributed by atoms with E-state index in [4.69, 9.17) is 12.2 Å². The van der Waals surface area contributed by atoms with Crippen LogP contribution in [-0.2, 0) is 6.54 Å². The highest BCUT2D eigenvalue weighted by atomic mass is 79.9. The van der Waals surface area contributed by atoms with E-state index in [0.717, 1.165) is 27.2 Å². The smallest absolute Gasteiger partial charge is 0.179 e. The van der Waals surface area contributed by atoms with Crippen molar-refractivity contribution in [3.8, 4) is 0 Å². The summed E-state index contributed by atoms with van der Waals surface area (Å²) in [6.45, 7) is 2.74. The van der Waals surface area contributed by atoms with Crippen LogP contribution in [0, 0.1) is 11.7 Å². The first-order valence-corrected chi connectivity index (χ1v) is 7.45. The topological polar surface area (TPSA) is 33.6 Å². The van der Waals surface area contributed by atoms with Crippen LogP contribution in [0.2, 0.25) is 0 Å². The quantitative estimate of drug-likeness (QED) is 0.707. The van der Waals surface area contributed by atoms with Gasteiger partial charge in [-0.1, -0.05) is 0 Å². The first-order valence-electron chi connectivity index (χ1n) is 5.44. The number of H-pyrrole nitrogens is 1. The Morgan fingerprint density at radius 3 is 2.94 bits per heavy atom. The first-order chi connectivity index (χ1) is 8.63. The minimum atomic E-state index is 0.715. The maximum absolute atomic E-state index is 5.36. The molecule has 6 heteroatoms. The predicted molar refractivity (Wildman–Crippen MR) is 80.8 cm³/mol. The summed E-state index contributed by atoms with van der Waals surface area (Å²) in [5.41, 5.74) is 2.91. The monoisotopic (exact) mass is 339 g/mol. The maximum Gasteiger partial charge on any atom is 0.179 e. The molecule has 0 spiro atoms. The number of aromatic amines is 1. The number of pyridine rings is 1. The van der Waals surface area contributed by atoms with Gasteiger partial charge in [-0.15, -0.1) is 11.3 Å². The molecule has 3 heterocycles. The van der Waals surface area contributed by atoms with Gasteiger partial charge in [-0.2, -0.15) is 0 Å². The average Bonchev–Trinajstić information content (AvgIpc) is 2.86. The molecular weight excluding hydrogens is 330 g/mol. The van der Waals surface area contributed by atoms with E-state index < -0.39 is 0 Å². The summed E-state index contributed by atoms with van der Waals surface area (Å²) in [6, 6.07) is 8.16. The molecule has 92 valence electrons. The molecule has 3 rings (SSSR count). The van der Waals surface area contributed by atoms with Crippen LogP contribution in [0.25, 0.3) is 11.2 Å². The van der Waals surface area contributed by atoms with Gasteiger partial charge in [-0.3, -0.25) is 4.57 Å². The Balaban J connectivity index is 2.13. The zero-order valence-electron chi connectivity index (χ0n) is 9.61. The van der Waals surface area contributed by atoms with Crippen molar-refractivity contribution in [1.82, 2.24) is 14.5 Å². The fraction of sp³-hybridized carbons (Fsp3) is 0.167. The second-order valence-electron chi connectivity index (χ2n) is 4.05. The zero-order chi connectivity index (χ0) is 12.7. The van der Waals surface area contributed by atoms with Crippen molar-refractivity contribution in [3.05, 3.63) is 43.4 Å². The van der Waals surface area contributed by atoms with E-state index in [2.05, 4.69) is 38.0 Å². The number of hydrogen-bond acceptors (Lipinski definition) is 3. The van der Waals surface area contributed by atoms with E-state index in [1.165, 1.54) is 4.88 Å². The standard InChI is InChI=1S/C12H10BrN3S2/c1-7-2-4-9-11(14-7)16(12(17)15-9)6-8-3-5-10(13)18-8/h2-5H,6H2,1H3,(H,15,17). The van der Waals surface area contributed by atoms with Gasteiger partial charge in [0.15, 0.2) is 10.4 Å². The van der Waals surface area contributed by atoms with Crippen molar-refractivity contribution in [3.63, 3.8) is 0 Å². The molecule has 0 saturated carbocycles. The molecule has 0 aliphatic heterocycles. The molecule has 0 saturated heterocycles. The largest absolute Gasteiger partial charge is 0.329 e. The van der Waals surface area contributed by atoms with Gasteiger partial charge in [0.2, 0.25) is 0 Å². The predicted octanol–water partition coefficient (Wildman–Crippen LogP) is 4.27. The van der Waals surface area contributed by atoms with E-state index in [1.807, 2.05) is 23.6 Å². The van der Waals surface area contributed by atoms with E-state index in [1.54, 1.807) is 11.3 Å². The lowest BCUT2D eigenvalue weighted by Crippen LogP contribution is -1.99. The highest BCUT2D eigenvalue weighted by molar-refractivity contribution is 9.11. The molecule has 0 aliphatic carbocycles. The van der Waals surface area contributed by atoms with Crippen LogP contribution in [0.1, 0.15) is 10.6 Å². The Hall–Kier alpha value is -0.980. The van der Waals surface area contributed by atoms with Gasteiger partial charge in [0.05, 0.1) is 15.8 Å². The average molecular weight is 340 g/mol. The third-order valence-electron chi connectivity index (χ3n) is 2.70. The lowest BCUT2D eigenvalue weighted by Gasteiger charge is -2.01. The van der Waals surface area contributed by atoms with Crippen LogP contribution in [0.5, 0.6) is 0 Å². The number of thiophene rings is 1. The molecular formula is C12H10BrN3S2. The first kappa shape index (κ1) is 12.1. The van der Waals surface area contributed by atoms with Crippen molar-refractivity contribution >= 4 is 50.6 Å². The van der Waals surface area contributed by atoms with Gasteiger partial charge in [-0.25, -0.2) is 4.98 Å². The summed E-state index contributed by atoms with van der Waals surface area (Å²) in [6.07, 6.45) is 0. The van der Waals surface area contributed by atoms with Crippen molar-refractivity contribution in [2.45, 2.75) is 13.5 Å². The molecule has 0 radical (unpaired) electrons. The Morgan fingerprint density at radius 1 is 1.39 bits per heavy atom. The third kappa shape index (κ3) is 2.15. The van der Waals surface area contributed by atoms with E-state index in [-0.39, 0.29) is 0 Å². The van der Waals surface area contributed by atoms with Crippen molar-refractivity contribution < 1.29 is 0 Å². The van der Waals surface area contributed by atoms with Crippen molar-refractivity contribution in [2.75, 3.05) is 0 Å². The van der Waals surface area contributed by atoms with Crippen molar-refractivity contribution in [2.24, 2.45) is 0 Å². The summed E-state index contributed by atoms with van der Waals surface area (Å²) < 4.78 is 3.89. The molecule has 3 aromatic rings. The molecule has 18 heavy (non-hydrogen) atoms.